The van der Waals surface area contributed by atoms with Gasteiger partial charge in [0.2, 0.25) is 15.9 Å². The lowest BCUT2D eigenvalue weighted by Gasteiger charge is -2.39. The largest absolute Gasteiger partial charge is 0.368 e. The first-order valence-corrected chi connectivity index (χ1v) is 11.8. The van der Waals surface area contributed by atoms with E-state index in [9.17, 15) is 23.3 Å². The third-order valence-corrected chi connectivity index (χ3v) is 6.65. The third-order valence-electron chi connectivity index (χ3n) is 5.42. The summed E-state index contributed by atoms with van der Waals surface area (Å²) >= 11 is 0. The second kappa shape index (κ2) is 8.93. The first-order chi connectivity index (χ1) is 14.6. The van der Waals surface area contributed by atoms with Gasteiger partial charge in [-0.1, -0.05) is 24.3 Å². The van der Waals surface area contributed by atoms with E-state index in [-0.39, 0.29) is 17.3 Å². The molecule has 2 aromatic carbocycles. The molecule has 0 saturated carbocycles. The van der Waals surface area contributed by atoms with Gasteiger partial charge in [0.25, 0.3) is 5.69 Å². The van der Waals surface area contributed by atoms with Crippen LogP contribution in [-0.4, -0.2) is 62.6 Å². The normalized spacial score (nSPS) is 15.5. The highest BCUT2D eigenvalue weighted by atomic mass is 32.2. The second-order valence-corrected chi connectivity index (χ2v) is 9.47. The zero-order valence-electron chi connectivity index (χ0n) is 17.8. The number of anilines is 2. The summed E-state index contributed by atoms with van der Waals surface area (Å²) in [6, 6.07) is 12.9. The molecule has 0 spiro atoms. The standard InChI is InChI=1S/C21H26N4O5S/c1-16-9-10-19(25(27)28)15-20(16)24(31(3,29)30)17(2)21(26)23-13-11-22(12-14-23)18-7-5-4-6-8-18/h4-10,15,17H,11-14H2,1-3H3. The van der Waals surface area contributed by atoms with Gasteiger partial charge >= 0.3 is 0 Å². The fourth-order valence-electron chi connectivity index (χ4n) is 3.81. The number of rotatable bonds is 6. The molecule has 3 rings (SSSR count). The van der Waals surface area contributed by atoms with Gasteiger partial charge in [0.15, 0.2) is 0 Å². The van der Waals surface area contributed by atoms with Gasteiger partial charge in [-0.25, -0.2) is 8.42 Å². The van der Waals surface area contributed by atoms with E-state index in [0.717, 1.165) is 16.2 Å². The molecule has 1 heterocycles. The molecule has 0 aromatic heterocycles. The first-order valence-electron chi connectivity index (χ1n) is 9.93. The molecule has 0 bridgehead atoms. The van der Waals surface area contributed by atoms with E-state index in [1.165, 1.54) is 25.1 Å². The van der Waals surface area contributed by atoms with E-state index in [4.69, 9.17) is 0 Å². The number of piperazine rings is 1. The van der Waals surface area contributed by atoms with Crippen LogP contribution in [0, 0.1) is 17.0 Å². The summed E-state index contributed by atoms with van der Waals surface area (Å²) in [7, 11) is -3.87. The maximum atomic E-state index is 13.2. The fraction of sp³-hybridized carbons (Fsp3) is 0.381. The number of hydrogen-bond acceptors (Lipinski definition) is 6. The summed E-state index contributed by atoms with van der Waals surface area (Å²) < 4.78 is 26.2. The number of non-ortho nitro benzene ring substituents is 1. The Morgan fingerprint density at radius 1 is 1.10 bits per heavy atom. The van der Waals surface area contributed by atoms with Gasteiger partial charge in [0, 0.05) is 44.0 Å². The lowest BCUT2D eigenvalue weighted by Crippen LogP contribution is -2.55. The number of nitro benzene ring substituents is 1. The van der Waals surface area contributed by atoms with Crippen LogP contribution in [-0.2, 0) is 14.8 Å². The average Bonchev–Trinajstić information content (AvgIpc) is 2.74. The summed E-state index contributed by atoms with van der Waals surface area (Å²) in [5.41, 5.74) is 1.52. The Morgan fingerprint density at radius 2 is 1.71 bits per heavy atom. The van der Waals surface area contributed by atoms with E-state index < -0.39 is 21.0 Å². The quantitative estimate of drug-likeness (QED) is 0.499. The summed E-state index contributed by atoms with van der Waals surface area (Å²) in [5, 5.41) is 11.2. The Hall–Kier alpha value is -3.14. The molecule has 1 unspecified atom stereocenters. The van der Waals surface area contributed by atoms with Crippen molar-refractivity contribution in [3.63, 3.8) is 0 Å². The van der Waals surface area contributed by atoms with Crippen LogP contribution in [0.5, 0.6) is 0 Å². The number of nitrogens with zero attached hydrogens (tertiary/aromatic N) is 4. The van der Waals surface area contributed by atoms with Crippen molar-refractivity contribution in [2.75, 3.05) is 41.6 Å². The minimum absolute atomic E-state index is 0.139. The molecule has 1 fully saturated rings. The number of carbonyl (C=O) groups is 1. The SMILES string of the molecule is Cc1ccc([N+](=O)[O-])cc1N(C(C)C(=O)N1CCN(c2ccccc2)CC1)S(C)(=O)=O. The average molecular weight is 447 g/mol. The highest BCUT2D eigenvalue weighted by Gasteiger charge is 2.34. The van der Waals surface area contributed by atoms with E-state index >= 15 is 0 Å². The Kier molecular flexibility index (Phi) is 6.49. The van der Waals surface area contributed by atoms with Crippen LogP contribution in [0.25, 0.3) is 0 Å². The lowest BCUT2D eigenvalue weighted by molar-refractivity contribution is -0.384. The van der Waals surface area contributed by atoms with Gasteiger partial charge in [-0.3, -0.25) is 19.2 Å². The first kappa shape index (κ1) is 22.5. The minimum Gasteiger partial charge on any atom is -0.368 e. The van der Waals surface area contributed by atoms with Crippen molar-refractivity contribution in [1.82, 2.24) is 4.90 Å². The highest BCUT2D eigenvalue weighted by molar-refractivity contribution is 7.92. The summed E-state index contributed by atoms with van der Waals surface area (Å²) in [4.78, 5) is 27.6. The van der Waals surface area contributed by atoms with Crippen molar-refractivity contribution in [3.8, 4) is 0 Å². The van der Waals surface area contributed by atoms with Crippen LogP contribution in [0.4, 0.5) is 17.1 Å². The van der Waals surface area contributed by atoms with E-state index in [1.54, 1.807) is 11.8 Å². The van der Waals surface area contributed by atoms with Gasteiger partial charge in [0.1, 0.15) is 6.04 Å². The van der Waals surface area contributed by atoms with Crippen LogP contribution < -0.4 is 9.21 Å². The molecule has 31 heavy (non-hydrogen) atoms. The molecular weight excluding hydrogens is 420 g/mol. The molecule has 9 nitrogen and oxygen atoms in total. The van der Waals surface area contributed by atoms with Crippen LogP contribution in [0.15, 0.2) is 48.5 Å². The van der Waals surface area contributed by atoms with Gasteiger partial charge in [-0.2, -0.15) is 0 Å². The molecule has 1 amide bonds. The topological polar surface area (TPSA) is 104 Å². The molecule has 1 saturated heterocycles. The van der Waals surface area contributed by atoms with Crippen LogP contribution in [0.3, 0.4) is 0 Å². The minimum atomic E-state index is -3.87. The summed E-state index contributed by atoms with van der Waals surface area (Å²) in [6.45, 7) is 5.37. The molecule has 0 aliphatic carbocycles. The predicted octanol–water partition coefficient (Wildman–Crippen LogP) is 2.41. The van der Waals surface area contributed by atoms with Crippen molar-refractivity contribution >= 4 is 33.0 Å². The molecular formula is C21H26N4O5S. The number of hydrogen-bond donors (Lipinski definition) is 0. The summed E-state index contributed by atoms with van der Waals surface area (Å²) in [6.07, 6.45) is 1.00. The monoisotopic (exact) mass is 446 g/mol. The smallest absolute Gasteiger partial charge is 0.271 e. The van der Waals surface area contributed by atoms with Crippen molar-refractivity contribution in [1.29, 1.82) is 0 Å². The Balaban J connectivity index is 1.82. The number of benzene rings is 2. The number of sulfonamides is 1. The van der Waals surface area contributed by atoms with Crippen LogP contribution in [0.2, 0.25) is 0 Å². The number of para-hydroxylation sites is 1. The Labute approximate surface area is 182 Å². The van der Waals surface area contributed by atoms with Gasteiger partial charge in [-0.15, -0.1) is 0 Å². The van der Waals surface area contributed by atoms with E-state index in [2.05, 4.69) is 4.90 Å². The van der Waals surface area contributed by atoms with Crippen molar-refractivity contribution < 1.29 is 18.1 Å². The Bertz CT molecular complexity index is 1070. The second-order valence-electron chi connectivity index (χ2n) is 7.61. The molecule has 1 atom stereocenters. The van der Waals surface area contributed by atoms with Crippen molar-refractivity contribution in [2.45, 2.75) is 19.9 Å². The third kappa shape index (κ3) is 4.96. The maximum absolute atomic E-state index is 13.2. The zero-order valence-corrected chi connectivity index (χ0v) is 18.6. The van der Waals surface area contributed by atoms with Crippen LogP contribution in [0.1, 0.15) is 12.5 Å². The molecule has 0 N–H and O–H groups in total. The molecule has 0 radical (unpaired) electrons. The van der Waals surface area contributed by atoms with E-state index in [0.29, 0.717) is 31.7 Å². The number of nitro groups is 1. The van der Waals surface area contributed by atoms with Gasteiger partial charge < -0.3 is 9.80 Å². The number of amides is 1. The van der Waals surface area contributed by atoms with E-state index in [1.807, 2.05) is 30.3 Å². The number of carbonyl (C=O) groups excluding carboxylic acids is 1. The molecule has 1 aliphatic heterocycles. The lowest BCUT2D eigenvalue weighted by atomic mass is 10.1. The van der Waals surface area contributed by atoms with Crippen LogP contribution >= 0.6 is 0 Å². The predicted molar refractivity (Wildman–Crippen MR) is 120 cm³/mol. The highest BCUT2D eigenvalue weighted by Crippen LogP contribution is 2.30. The zero-order chi connectivity index (χ0) is 22.8. The van der Waals surface area contributed by atoms with Gasteiger partial charge in [-0.05, 0) is 31.5 Å². The molecule has 2 aromatic rings. The maximum Gasteiger partial charge on any atom is 0.271 e. The molecule has 1 aliphatic rings. The molecule has 166 valence electrons. The molecule has 10 heteroatoms. The Morgan fingerprint density at radius 3 is 2.26 bits per heavy atom. The number of aryl methyl sites for hydroxylation is 1. The fourth-order valence-corrected chi connectivity index (χ4v) is 5.03. The summed E-state index contributed by atoms with van der Waals surface area (Å²) in [5.74, 6) is -0.330. The van der Waals surface area contributed by atoms with Crippen molar-refractivity contribution in [3.05, 3.63) is 64.2 Å². The van der Waals surface area contributed by atoms with Gasteiger partial charge in [0.05, 0.1) is 16.9 Å². The van der Waals surface area contributed by atoms with Crippen molar-refractivity contribution in [2.24, 2.45) is 0 Å².